The SMILES string of the molecule is CC(C)n1ccc2c(-n3c(-c4cc5oc(=O)oc5cc4O)n[nH]c3=S)cccc21. The van der Waals surface area contributed by atoms with Crippen molar-refractivity contribution in [3.63, 3.8) is 0 Å². The molecule has 0 amide bonds. The zero-order valence-electron chi connectivity index (χ0n) is 15.5. The molecule has 2 N–H and O–H groups in total. The topological polar surface area (TPSA) is 102 Å². The number of phenols is 1. The van der Waals surface area contributed by atoms with Gasteiger partial charge in [0.2, 0.25) is 0 Å². The highest BCUT2D eigenvalue weighted by Crippen LogP contribution is 2.35. The Labute approximate surface area is 168 Å². The molecule has 0 fully saturated rings. The van der Waals surface area contributed by atoms with E-state index in [-0.39, 0.29) is 16.9 Å². The van der Waals surface area contributed by atoms with Crippen molar-refractivity contribution in [2.45, 2.75) is 19.9 Å². The lowest BCUT2D eigenvalue weighted by Gasteiger charge is -2.12. The third kappa shape index (κ3) is 2.62. The van der Waals surface area contributed by atoms with E-state index in [0.717, 1.165) is 16.6 Å². The quantitative estimate of drug-likeness (QED) is 0.425. The molecule has 146 valence electrons. The van der Waals surface area contributed by atoms with Crippen molar-refractivity contribution in [2.75, 3.05) is 0 Å². The van der Waals surface area contributed by atoms with Crippen LogP contribution >= 0.6 is 12.2 Å². The number of benzene rings is 2. The number of rotatable bonds is 3. The Kier molecular flexibility index (Phi) is 3.75. The van der Waals surface area contributed by atoms with Crippen LogP contribution in [0.5, 0.6) is 5.75 Å². The third-order valence-electron chi connectivity index (χ3n) is 4.90. The molecule has 0 aliphatic rings. The van der Waals surface area contributed by atoms with Gasteiger partial charge in [0, 0.05) is 23.7 Å². The summed E-state index contributed by atoms with van der Waals surface area (Å²) in [7, 11) is 0. The molecular formula is C20H16N4O4S. The fraction of sp³-hybridized carbons (Fsp3) is 0.150. The van der Waals surface area contributed by atoms with Crippen LogP contribution in [0.1, 0.15) is 19.9 Å². The van der Waals surface area contributed by atoms with Crippen LogP contribution < -0.4 is 5.82 Å². The second-order valence-electron chi connectivity index (χ2n) is 6.98. The number of H-pyrrole nitrogens is 1. The van der Waals surface area contributed by atoms with Crippen LogP contribution in [-0.2, 0) is 0 Å². The van der Waals surface area contributed by atoms with Crippen LogP contribution in [0.2, 0.25) is 0 Å². The molecule has 0 unspecified atom stereocenters. The average Bonchev–Trinajstić information content (AvgIpc) is 3.36. The normalized spacial score (nSPS) is 11.8. The minimum absolute atomic E-state index is 0.107. The molecule has 0 spiro atoms. The molecular weight excluding hydrogens is 392 g/mol. The van der Waals surface area contributed by atoms with Crippen molar-refractivity contribution in [3.8, 4) is 22.8 Å². The number of nitrogens with zero attached hydrogens (tertiary/aromatic N) is 3. The molecule has 0 bridgehead atoms. The van der Waals surface area contributed by atoms with Crippen LogP contribution in [0.25, 0.3) is 39.1 Å². The van der Waals surface area contributed by atoms with E-state index < -0.39 is 5.82 Å². The van der Waals surface area contributed by atoms with E-state index in [1.165, 1.54) is 12.1 Å². The molecule has 8 nitrogen and oxygen atoms in total. The lowest BCUT2D eigenvalue weighted by molar-refractivity contribution is 0.409. The van der Waals surface area contributed by atoms with E-state index in [1.54, 1.807) is 4.57 Å². The molecule has 5 rings (SSSR count). The van der Waals surface area contributed by atoms with Crippen LogP contribution in [0, 0.1) is 4.77 Å². The number of hydrogen-bond donors (Lipinski definition) is 2. The van der Waals surface area contributed by atoms with Gasteiger partial charge in [-0.3, -0.25) is 9.67 Å². The summed E-state index contributed by atoms with van der Waals surface area (Å²) in [5.74, 6) is -0.553. The van der Waals surface area contributed by atoms with E-state index >= 15 is 0 Å². The lowest BCUT2D eigenvalue weighted by Crippen LogP contribution is -2.01. The number of fused-ring (bicyclic) bond motifs is 2. The van der Waals surface area contributed by atoms with Crippen LogP contribution in [-0.4, -0.2) is 24.4 Å². The van der Waals surface area contributed by atoms with E-state index in [0.29, 0.717) is 22.2 Å². The molecule has 3 heterocycles. The maximum Gasteiger partial charge on any atom is 0.519 e. The standard InChI is InChI=1S/C20H16N4O4S/c1-10(2)23-7-6-11-13(23)4-3-5-14(11)24-18(21-22-19(24)29)12-8-16-17(9-15(12)25)28-20(26)27-16/h3-10,25H,1-2H3,(H,22,29). The number of hydrogen-bond acceptors (Lipinski definition) is 6. The van der Waals surface area contributed by atoms with Gasteiger partial charge in [-0.15, -0.1) is 0 Å². The lowest BCUT2D eigenvalue weighted by atomic mass is 10.1. The Balaban J connectivity index is 1.79. The van der Waals surface area contributed by atoms with Crippen molar-refractivity contribution in [3.05, 3.63) is 58.0 Å². The summed E-state index contributed by atoms with van der Waals surface area (Å²) in [5, 5.41) is 18.6. The predicted molar refractivity (Wildman–Crippen MR) is 110 cm³/mol. The van der Waals surface area contributed by atoms with Gasteiger partial charge in [0.15, 0.2) is 21.8 Å². The Morgan fingerprint density at radius 1 is 1.17 bits per heavy atom. The van der Waals surface area contributed by atoms with Gasteiger partial charge in [0.25, 0.3) is 0 Å². The molecule has 0 radical (unpaired) electrons. The molecule has 2 aromatic carbocycles. The molecule has 0 saturated carbocycles. The summed E-state index contributed by atoms with van der Waals surface area (Å²) >= 11 is 5.48. The van der Waals surface area contributed by atoms with Gasteiger partial charge in [-0.2, -0.15) is 5.10 Å². The first kappa shape index (κ1) is 17.5. The van der Waals surface area contributed by atoms with Crippen LogP contribution in [0.15, 0.2) is 56.2 Å². The minimum Gasteiger partial charge on any atom is -0.507 e. The zero-order valence-corrected chi connectivity index (χ0v) is 16.4. The van der Waals surface area contributed by atoms with Crippen LogP contribution in [0.3, 0.4) is 0 Å². The highest BCUT2D eigenvalue weighted by molar-refractivity contribution is 7.71. The Morgan fingerprint density at radius 3 is 2.69 bits per heavy atom. The summed E-state index contributed by atoms with van der Waals surface area (Å²) in [6.45, 7) is 4.24. The van der Waals surface area contributed by atoms with E-state index in [9.17, 15) is 9.90 Å². The van der Waals surface area contributed by atoms with Gasteiger partial charge in [0.05, 0.1) is 16.8 Å². The molecule has 3 aromatic heterocycles. The number of aromatic hydroxyl groups is 1. The van der Waals surface area contributed by atoms with E-state index in [2.05, 4.69) is 28.6 Å². The van der Waals surface area contributed by atoms with E-state index in [1.807, 2.05) is 30.5 Å². The predicted octanol–water partition coefficient (Wildman–Crippen LogP) is 4.54. The molecule has 0 saturated heterocycles. The van der Waals surface area contributed by atoms with Gasteiger partial charge >= 0.3 is 5.82 Å². The fourth-order valence-corrected chi connectivity index (χ4v) is 3.84. The van der Waals surface area contributed by atoms with Crippen molar-refractivity contribution < 1.29 is 13.9 Å². The number of phenolic OH excluding ortho intramolecular Hbond substituents is 1. The second-order valence-corrected chi connectivity index (χ2v) is 7.37. The molecule has 0 aliphatic carbocycles. The molecule has 5 aromatic rings. The first-order chi connectivity index (χ1) is 13.9. The van der Waals surface area contributed by atoms with Crippen molar-refractivity contribution in [1.29, 1.82) is 0 Å². The second kappa shape index (κ2) is 6.21. The van der Waals surface area contributed by atoms with Gasteiger partial charge in [-0.25, -0.2) is 4.79 Å². The summed E-state index contributed by atoms with van der Waals surface area (Å²) in [6.07, 6.45) is 2.03. The molecule has 29 heavy (non-hydrogen) atoms. The Bertz CT molecular complexity index is 1500. The molecule has 9 heteroatoms. The summed E-state index contributed by atoms with van der Waals surface area (Å²) < 4.78 is 14.2. The monoisotopic (exact) mass is 408 g/mol. The average molecular weight is 408 g/mol. The van der Waals surface area contributed by atoms with Crippen molar-refractivity contribution >= 4 is 34.3 Å². The van der Waals surface area contributed by atoms with Gasteiger partial charge in [-0.1, -0.05) is 6.07 Å². The zero-order chi connectivity index (χ0) is 20.3. The van der Waals surface area contributed by atoms with E-state index in [4.69, 9.17) is 21.1 Å². The van der Waals surface area contributed by atoms with Gasteiger partial charge in [0.1, 0.15) is 5.75 Å². The Hall–Kier alpha value is -3.59. The summed E-state index contributed by atoms with van der Waals surface area (Å²) in [5.41, 5.74) is 2.62. The highest BCUT2D eigenvalue weighted by atomic mass is 32.1. The smallest absolute Gasteiger partial charge is 0.507 e. The summed E-state index contributed by atoms with van der Waals surface area (Å²) in [4.78, 5) is 11.4. The number of aromatic nitrogens is 4. The third-order valence-corrected chi connectivity index (χ3v) is 5.17. The maximum absolute atomic E-state index is 11.4. The first-order valence-corrected chi connectivity index (χ1v) is 9.39. The minimum atomic E-state index is -0.838. The fourth-order valence-electron chi connectivity index (χ4n) is 3.61. The largest absolute Gasteiger partial charge is 0.519 e. The molecule has 0 atom stereocenters. The van der Waals surface area contributed by atoms with Gasteiger partial charge in [-0.05, 0) is 50.3 Å². The van der Waals surface area contributed by atoms with Crippen molar-refractivity contribution in [1.82, 2.24) is 19.3 Å². The number of nitrogens with one attached hydrogen (secondary N) is 1. The van der Waals surface area contributed by atoms with Crippen molar-refractivity contribution in [2.24, 2.45) is 0 Å². The van der Waals surface area contributed by atoms with Gasteiger partial charge < -0.3 is 18.5 Å². The number of aromatic amines is 1. The Morgan fingerprint density at radius 2 is 1.93 bits per heavy atom. The molecule has 0 aliphatic heterocycles. The van der Waals surface area contributed by atoms with Crippen LogP contribution in [0.4, 0.5) is 0 Å². The maximum atomic E-state index is 11.4. The first-order valence-electron chi connectivity index (χ1n) is 8.98. The highest BCUT2D eigenvalue weighted by Gasteiger charge is 2.19. The summed E-state index contributed by atoms with van der Waals surface area (Å²) in [6, 6.07) is 11.1.